The number of rotatable bonds is 1. The van der Waals surface area contributed by atoms with Crippen LogP contribution in [0.5, 0.6) is 0 Å². The molecule has 0 aromatic carbocycles. The average molecular weight is 233 g/mol. The summed E-state index contributed by atoms with van der Waals surface area (Å²) >= 11 is 0. The molecular formula is C12H25ClN2. The SMILES string of the molecule is Cl.N[C@@H]1CCN(C2CCCCCCC2)C1. The van der Waals surface area contributed by atoms with Gasteiger partial charge in [-0.05, 0) is 19.3 Å². The molecule has 0 aromatic rings. The van der Waals surface area contributed by atoms with Gasteiger partial charge in [0.2, 0.25) is 0 Å². The molecule has 3 heteroatoms. The van der Waals surface area contributed by atoms with Gasteiger partial charge in [0.15, 0.2) is 0 Å². The second kappa shape index (κ2) is 6.72. The van der Waals surface area contributed by atoms with E-state index in [1.807, 2.05) is 0 Å². The summed E-state index contributed by atoms with van der Waals surface area (Å²) in [5, 5.41) is 0. The zero-order valence-electron chi connectivity index (χ0n) is 9.66. The normalized spacial score (nSPS) is 30.6. The lowest BCUT2D eigenvalue weighted by molar-refractivity contribution is 0.201. The first kappa shape index (κ1) is 13.3. The molecule has 1 saturated carbocycles. The highest BCUT2D eigenvalue weighted by Gasteiger charge is 2.25. The summed E-state index contributed by atoms with van der Waals surface area (Å²) < 4.78 is 0. The topological polar surface area (TPSA) is 29.3 Å². The van der Waals surface area contributed by atoms with Gasteiger partial charge in [-0.25, -0.2) is 0 Å². The minimum Gasteiger partial charge on any atom is -0.326 e. The molecule has 1 atom stereocenters. The Labute approximate surface area is 100.0 Å². The molecular weight excluding hydrogens is 208 g/mol. The number of halogens is 1. The fourth-order valence-corrected chi connectivity index (χ4v) is 2.95. The molecule has 2 N–H and O–H groups in total. The summed E-state index contributed by atoms with van der Waals surface area (Å²) in [6, 6.07) is 1.32. The van der Waals surface area contributed by atoms with Gasteiger partial charge in [-0.1, -0.05) is 32.1 Å². The molecule has 0 unspecified atom stereocenters. The van der Waals surface area contributed by atoms with Crippen molar-refractivity contribution in [2.75, 3.05) is 13.1 Å². The van der Waals surface area contributed by atoms with Crippen LogP contribution in [0.1, 0.15) is 51.4 Å². The van der Waals surface area contributed by atoms with E-state index in [9.17, 15) is 0 Å². The number of nitrogens with two attached hydrogens (primary N) is 1. The van der Waals surface area contributed by atoms with Crippen LogP contribution in [-0.2, 0) is 0 Å². The van der Waals surface area contributed by atoms with E-state index in [0.717, 1.165) is 12.6 Å². The molecule has 0 bridgehead atoms. The molecule has 2 fully saturated rings. The number of hydrogen-bond donors (Lipinski definition) is 1. The summed E-state index contributed by atoms with van der Waals surface area (Å²) in [7, 11) is 0. The van der Waals surface area contributed by atoms with E-state index in [4.69, 9.17) is 5.73 Å². The molecule has 2 rings (SSSR count). The second-order valence-corrected chi connectivity index (χ2v) is 5.04. The van der Waals surface area contributed by atoms with E-state index >= 15 is 0 Å². The van der Waals surface area contributed by atoms with Gasteiger partial charge in [-0.15, -0.1) is 12.4 Å². The van der Waals surface area contributed by atoms with Crippen LogP contribution in [0.2, 0.25) is 0 Å². The van der Waals surface area contributed by atoms with E-state index in [1.54, 1.807) is 0 Å². The molecule has 2 aliphatic rings. The maximum absolute atomic E-state index is 5.96. The molecule has 0 radical (unpaired) electrons. The third kappa shape index (κ3) is 3.93. The highest BCUT2D eigenvalue weighted by molar-refractivity contribution is 5.85. The Bertz CT molecular complexity index is 167. The van der Waals surface area contributed by atoms with E-state index in [0.29, 0.717) is 6.04 Å². The Morgan fingerprint density at radius 3 is 2.00 bits per heavy atom. The molecule has 1 aliphatic heterocycles. The molecule has 2 nitrogen and oxygen atoms in total. The fraction of sp³-hybridized carbons (Fsp3) is 1.00. The van der Waals surface area contributed by atoms with Crippen molar-refractivity contribution in [1.29, 1.82) is 0 Å². The minimum atomic E-state index is 0. The zero-order valence-corrected chi connectivity index (χ0v) is 10.5. The molecule has 1 heterocycles. The highest BCUT2D eigenvalue weighted by atomic mass is 35.5. The lowest BCUT2D eigenvalue weighted by atomic mass is 9.96. The predicted molar refractivity (Wildman–Crippen MR) is 67.5 cm³/mol. The summed E-state index contributed by atoms with van der Waals surface area (Å²) in [4.78, 5) is 2.65. The summed E-state index contributed by atoms with van der Waals surface area (Å²) in [6.45, 7) is 2.41. The number of hydrogen-bond acceptors (Lipinski definition) is 2. The lowest BCUT2D eigenvalue weighted by Gasteiger charge is -2.29. The molecule has 1 saturated heterocycles. The average Bonchev–Trinajstić information content (AvgIpc) is 2.51. The third-order valence-electron chi connectivity index (χ3n) is 3.85. The molecule has 15 heavy (non-hydrogen) atoms. The van der Waals surface area contributed by atoms with Crippen LogP contribution < -0.4 is 5.73 Å². The largest absolute Gasteiger partial charge is 0.326 e. The van der Waals surface area contributed by atoms with E-state index in [2.05, 4.69) is 4.90 Å². The van der Waals surface area contributed by atoms with E-state index < -0.39 is 0 Å². The third-order valence-corrected chi connectivity index (χ3v) is 3.85. The predicted octanol–water partition coefficient (Wildman–Crippen LogP) is 2.55. The maximum Gasteiger partial charge on any atom is 0.0180 e. The van der Waals surface area contributed by atoms with Crippen molar-refractivity contribution in [3.8, 4) is 0 Å². The smallest absolute Gasteiger partial charge is 0.0180 e. The minimum absolute atomic E-state index is 0. The molecule has 0 amide bonds. The van der Waals surface area contributed by atoms with Crippen molar-refractivity contribution in [1.82, 2.24) is 4.90 Å². The Kier molecular flexibility index (Phi) is 5.95. The first-order chi connectivity index (χ1) is 6.86. The Morgan fingerprint density at radius 1 is 0.867 bits per heavy atom. The molecule has 0 spiro atoms. The second-order valence-electron chi connectivity index (χ2n) is 5.04. The van der Waals surface area contributed by atoms with Gasteiger partial charge >= 0.3 is 0 Å². The van der Waals surface area contributed by atoms with Crippen LogP contribution in [0, 0.1) is 0 Å². The van der Waals surface area contributed by atoms with Gasteiger partial charge in [0, 0.05) is 25.2 Å². The van der Waals surface area contributed by atoms with Crippen LogP contribution in [0.25, 0.3) is 0 Å². The maximum atomic E-state index is 5.96. The first-order valence-electron chi connectivity index (χ1n) is 6.36. The van der Waals surface area contributed by atoms with Gasteiger partial charge in [0.25, 0.3) is 0 Å². The van der Waals surface area contributed by atoms with Crippen LogP contribution in [-0.4, -0.2) is 30.1 Å². The van der Waals surface area contributed by atoms with Gasteiger partial charge < -0.3 is 5.73 Å². The monoisotopic (exact) mass is 232 g/mol. The summed E-state index contributed by atoms with van der Waals surface area (Å²) in [6.07, 6.45) is 11.3. The Hall–Kier alpha value is 0.210. The van der Waals surface area contributed by atoms with Gasteiger partial charge in [0.1, 0.15) is 0 Å². The zero-order chi connectivity index (χ0) is 9.80. The highest BCUT2D eigenvalue weighted by Crippen LogP contribution is 2.23. The van der Waals surface area contributed by atoms with Gasteiger partial charge in [0.05, 0.1) is 0 Å². The summed E-state index contributed by atoms with van der Waals surface area (Å²) in [5.41, 5.74) is 5.96. The molecule has 1 aliphatic carbocycles. The van der Waals surface area contributed by atoms with Crippen molar-refractivity contribution >= 4 is 12.4 Å². The Balaban J connectivity index is 0.00000112. The Morgan fingerprint density at radius 2 is 1.47 bits per heavy atom. The van der Waals surface area contributed by atoms with Crippen molar-refractivity contribution in [3.63, 3.8) is 0 Å². The van der Waals surface area contributed by atoms with Crippen LogP contribution in [0.3, 0.4) is 0 Å². The van der Waals surface area contributed by atoms with Gasteiger partial charge in [-0.3, -0.25) is 4.90 Å². The lowest BCUT2D eigenvalue weighted by Crippen LogP contribution is -2.35. The fourth-order valence-electron chi connectivity index (χ4n) is 2.95. The standard InChI is InChI=1S/C12H24N2.ClH/c13-11-8-9-14(10-11)12-6-4-2-1-3-5-7-12;/h11-12H,1-10,13H2;1H/t11-;/m1./s1. The van der Waals surface area contributed by atoms with Crippen molar-refractivity contribution in [2.24, 2.45) is 5.73 Å². The van der Waals surface area contributed by atoms with Crippen molar-refractivity contribution in [2.45, 2.75) is 63.5 Å². The van der Waals surface area contributed by atoms with Crippen LogP contribution >= 0.6 is 12.4 Å². The number of likely N-dealkylation sites (tertiary alicyclic amines) is 1. The van der Waals surface area contributed by atoms with Crippen molar-refractivity contribution in [3.05, 3.63) is 0 Å². The van der Waals surface area contributed by atoms with Crippen molar-refractivity contribution < 1.29 is 0 Å². The molecule has 0 aromatic heterocycles. The van der Waals surface area contributed by atoms with Gasteiger partial charge in [-0.2, -0.15) is 0 Å². The van der Waals surface area contributed by atoms with Crippen LogP contribution in [0.4, 0.5) is 0 Å². The van der Waals surface area contributed by atoms with E-state index in [1.165, 1.54) is 57.9 Å². The van der Waals surface area contributed by atoms with Crippen LogP contribution in [0.15, 0.2) is 0 Å². The number of nitrogens with zero attached hydrogens (tertiary/aromatic N) is 1. The summed E-state index contributed by atoms with van der Waals surface area (Å²) in [5.74, 6) is 0. The van der Waals surface area contributed by atoms with E-state index in [-0.39, 0.29) is 12.4 Å². The first-order valence-corrected chi connectivity index (χ1v) is 6.36. The quantitative estimate of drug-likeness (QED) is 0.753. The molecule has 90 valence electrons.